The third-order valence-corrected chi connectivity index (χ3v) is 3.77. The van der Waals surface area contributed by atoms with Crippen molar-refractivity contribution >= 4 is 5.91 Å². The molecular formula is C12H22N2O3. The van der Waals surface area contributed by atoms with Crippen molar-refractivity contribution in [1.29, 1.82) is 0 Å². The van der Waals surface area contributed by atoms with Crippen molar-refractivity contribution in [1.82, 2.24) is 4.90 Å². The predicted molar refractivity (Wildman–Crippen MR) is 63.4 cm³/mol. The van der Waals surface area contributed by atoms with Crippen LogP contribution in [0.25, 0.3) is 0 Å². The number of aliphatic hydroxyl groups is 1. The number of nitrogens with zero attached hydrogens (tertiary/aromatic N) is 1. The Bertz CT molecular complexity index is 298. The van der Waals surface area contributed by atoms with Gasteiger partial charge in [-0.1, -0.05) is 0 Å². The van der Waals surface area contributed by atoms with E-state index >= 15 is 0 Å². The fourth-order valence-electron chi connectivity index (χ4n) is 2.66. The van der Waals surface area contributed by atoms with Crippen LogP contribution in [0, 0.1) is 0 Å². The summed E-state index contributed by atoms with van der Waals surface area (Å²) in [4.78, 5) is 14.1. The average molecular weight is 242 g/mol. The standard InChI is InChI=1S/C12H22N2O3/c1-11(16)3-2-6-14(9-11)10(15)12(13)4-7-17-8-5-12/h16H,2-9,13H2,1H3. The summed E-state index contributed by atoms with van der Waals surface area (Å²) in [5, 5.41) is 10.0. The lowest BCUT2D eigenvalue weighted by Crippen LogP contribution is -2.61. The van der Waals surface area contributed by atoms with Gasteiger partial charge in [0.1, 0.15) is 0 Å². The van der Waals surface area contributed by atoms with E-state index < -0.39 is 11.1 Å². The van der Waals surface area contributed by atoms with E-state index in [9.17, 15) is 9.90 Å². The van der Waals surface area contributed by atoms with Gasteiger partial charge in [-0.05, 0) is 32.6 Å². The highest BCUT2D eigenvalue weighted by atomic mass is 16.5. The second-order valence-corrected chi connectivity index (χ2v) is 5.60. The molecule has 1 amide bonds. The van der Waals surface area contributed by atoms with Crippen LogP contribution in [0.15, 0.2) is 0 Å². The average Bonchev–Trinajstić information content (AvgIpc) is 2.27. The summed E-state index contributed by atoms with van der Waals surface area (Å²) in [6.45, 7) is 3.97. The molecule has 0 aromatic carbocycles. The zero-order valence-electron chi connectivity index (χ0n) is 10.4. The molecule has 3 N–H and O–H groups in total. The molecule has 2 saturated heterocycles. The highest BCUT2D eigenvalue weighted by Crippen LogP contribution is 2.26. The molecule has 5 nitrogen and oxygen atoms in total. The number of rotatable bonds is 1. The van der Waals surface area contributed by atoms with Crippen molar-refractivity contribution in [2.75, 3.05) is 26.3 Å². The van der Waals surface area contributed by atoms with Crippen LogP contribution in [-0.2, 0) is 9.53 Å². The second kappa shape index (κ2) is 4.55. The highest BCUT2D eigenvalue weighted by Gasteiger charge is 2.41. The maximum atomic E-state index is 12.4. The Balaban J connectivity index is 2.03. The normalized spacial score (nSPS) is 33.5. The summed E-state index contributed by atoms with van der Waals surface area (Å²) in [5.41, 5.74) is 4.61. The minimum atomic E-state index is -0.786. The SMILES string of the molecule is CC1(O)CCCN(C(=O)C2(N)CCOCC2)C1. The van der Waals surface area contributed by atoms with Crippen molar-refractivity contribution in [2.45, 2.75) is 43.7 Å². The second-order valence-electron chi connectivity index (χ2n) is 5.60. The number of hydrogen-bond donors (Lipinski definition) is 2. The Labute approximate surface area is 102 Å². The molecule has 2 aliphatic heterocycles. The molecular weight excluding hydrogens is 220 g/mol. The van der Waals surface area contributed by atoms with Crippen molar-refractivity contribution < 1.29 is 14.6 Å². The van der Waals surface area contributed by atoms with Gasteiger partial charge < -0.3 is 20.5 Å². The zero-order chi connectivity index (χ0) is 12.5. The molecule has 0 aromatic rings. The van der Waals surface area contributed by atoms with Gasteiger partial charge in [-0.15, -0.1) is 0 Å². The molecule has 2 heterocycles. The quantitative estimate of drug-likeness (QED) is 0.671. The molecule has 0 aromatic heterocycles. The Hall–Kier alpha value is -0.650. The van der Waals surface area contributed by atoms with Gasteiger partial charge in [0, 0.05) is 26.3 Å². The van der Waals surface area contributed by atoms with Crippen LogP contribution < -0.4 is 5.73 Å². The lowest BCUT2D eigenvalue weighted by Gasteiger charge is -2.42. The minimum Gasteiger partial charge on any atom is -0.388 e. The largest absolute Gasteiger partial charge is 0.388 e. The van der Waals surface area contributed by atoms with Crippen molar-refractivity contribution in [2.24, 2.45) is 5.73 Å². The predicted octanol–water partition coefficient (Wildman–Crippen LogP) is -0.132. The van der Waals surface area contributed by atoms with Crippen LogP contribution in [-0.4, -0.2) is 53.4 Å². The Morgan fingerprint density at radius 2 is 2.00 bits per heavy atom. The first-order valence-corrected chi connectivity index (χ1v) is 6.31. The van der Waals surface area contributed by atoms with Gasteiger partial charge in [0.05, 0.1) is 11.1 Å². The van der Waals surface area contributed by atoms with Gasteiger partial charge in [-0.3, -0.25) is 4.79 Å². The number of carbonyl (C=O) groups is 1. The maximum absolute atomic E-state index is 12.4. The molecule has 0 saturated carbocycles. The molecule has 2 fully saturated rings. The third-order valence-electron chi connectivity index (χ3n) is 3.77. The fourth-order valence-corrected chi connectivity index (χ4v) is 2.66. The number of carbonyl (C=O) groups excluding carboxylic acids is 1. The molecule has 0 radical (unpaired) electrons. The Morgan fingerprint density at radius 1 is 1.35 bits per heavy atom. The van der Waals surface area contributed by atoms with E-state index in [4.69, 9.17) is 10.5 Å². The first-order valence-electron chi connectivity index (χ1n) is 6.31. The molecule has 2 aliphatic rings. The first kappa shape index (κ1) is 12.8. The van der Waals surface area contributed by atoms with Crippen LogP contribution in [0.3, 0.4) is 0 Å². The topological polar surface area (TPSA) is 75.8 Å². The molecule has 1 unspecified atom stereocenters. The number of hydrogen-bond acceptors (Lipinski definition) is 4. The minimum absolute atomic E-state index is 0.0271. The molecule has 2 rings (SSSR count). The van der Waals surface area contributed by atoms with Gasteiger partial charge >= 0.3 is 0 Å². The Kier molecular flexibility index (Phi) is 3.43. The summed E-state index contributed by atoms with van der Waals surface area (Å²) >= 11 is 0. The zero-order valence-corrected chi connectivity index (χ0v) is 10.4. The Morgan fingerprint density at radius 3 is 2.59 bits per heavy atom. The van der Waals surface area contributed by atoms with Crippen LogP contribution in [0.2, 0.25) is 0 Å². The smallest absolute Gasteiger partial charge is 0.242 e. The van der Waals surface area contributed by atoms with Crippen LogP contribution >= 0.6 is 0 Å². The summed E-state index contributed by atoms with van der Waals surface area (Å²) in [6, 6.07) is 0. The van der Waals surface area contributed by atoms with Crippen molar-refractivity contribution in [3.63, 3.8) is 0 Å². The monoisotopic (exact) mass is 242 g/mol. The maximum Gasteiger partial charge on any atom is 0.242 e. The molecule has 0 aliphatic carbocycles. The third kappa shape index (κ3) is 2.78. The number of nitrogens with two attached hydrogens (primary N) is 1. The van der Waals surface area contributed by atoms with E-state index in [2.05, 4.69) is 0 Å². The van der Waals surface area contributed by atoms with Crippen molar-refractivity contribution in [3.8, 4) is 0 Å². The summed E-state index contributed by atoms with van der Waals surface area (Å²) < 4.78 is 5.24. The molecule has 0 spiro atoms. The lowest BCUT2D eigenvalue weighted by molar-refractivity contribution is -0.146. The van der Waals surface area contributed by atoms with E-state index in [1.165, 1.54) is 0 Å². The van der Waals surface area contributed by atoms with Crippen LogP contribution in [0.5, 0.6) is 0 Å². The van der Waals surface area contributed by atoms with Gasteiger partial charge in [0.2, 0.25) is 5.91 Å². The van der Waals surface area contributed by atoms with Gasteiger partial charge in [0.25, 0.3) is 0 Å². The first-order chi connectivity index (χ1) is 7.93. The van der Waals surface area contributed by atoms with E-state index in [0.29, 0.717) is 39.1 Å². The summed E-state index contributed by atoms with van der Waals surface area (Å²) in [5.74, 6) is -0.0271. The molecule has 17 heavy (non-hydrogen) atoms. The summed E-state index contributed by atoms with van der Waals surface area (Å²) in [6.07, 6.45) is 2.73. The number of amides is 1. The highest BCUT2D eigenvalue weighted by molar-refractivity contribution is 5.86. The van der Waals surface area contributed by atoms with Crippen molar-refractivity contribution in [3.05, 3.63) is 0 Å². The van der Waals surface area contributed by atoms with E-state index in [1.807, 2.05) is 0 Å². The summed E-state index contributed by atoms with van der Waals surface area (Å²) in [7, 11) is 0. The number of ether oxygens (including phenoxy) is 1. The molecule has 0 bridgehead atoms. The number of β-amino-alcohol motifs (C(OH)–C–C–N with tert-alkyl or cyclic N) is 1. The van der Waals surface area contributed by atoms with Gasteiger partial charge in [0.15, 0.2) is 0 Å². The van der Waals surface area contributed by atoms with Crippen LogP contribution in [0.1, 0.15) is 32.6 Å². The number of likely N-dealkylation sites (tertiary alicyclic amines) is 1. The van der Waals surface area contributed by atoms with Crippen LogP contribution in [0.4, 0.5) is 0 Å². The van der Waals surface area contributed by atoms with Gasteiger partial charge in [-0.2, -0.15) is 0 Å². The molecule has 5 heteroatoms. The van der Waals surface area contributed by atoms with E-state index in [1.54, 1.807) is 11.8 Å². The van der Waals surface area contributed by atoms with E-state index in [-0.39, 0.29) is 5.91 Å². The lowest BCUT2D eigenvalue weighted by atomic mass is 9.87. The number of piperidine rings is 1. The van der Waals surface area contributed by atoms with E-state index in [0.717, 1.165) is 12.8 Å². The van der Waals surface area contributed by atoms with Gasteiger partial charge in [-0.25, -0.2) is 0 Å². The fraction of sp³-hybridized carbons (Fsp3) is 0.917. The molecule has 1 atom stereocenters. The molecule has 98 valence electrons.